The second-order valence-electron chi connectivity index (χ2n) is 4.64. The number of hydrogen-bond donors (Lipinski definition) is 1. The van der Waals surface area contributed by atoms with Gasteiger partial charge in [-0.15, -0.1) is 0 Å². The molecule has 2 aromatic rings. The molecule has 1 atom stereocenters. The Morgan fingerprint density at radius 3 is 2.55 bits per heavy atom. The summed E-state index contributed by atoms with van der Waals surface area (Å²) in [5.41, 5.74) is 1.39. The van der Waals surface area contributed by atoms with Gasteiger partial charge in [-0.25, -0.2) is 4.98 Å². The summed E-state index contributed by atoms with van der Waals surface area (Å²) in [6.45, 7) is 1.97. The Morgan fingerprint density at radius 1 is 1.23 bits per heavy atom. The molecule has 1 N–H and O–H groups in total. The van der Waals surface area contributed by atoms with Gasteiger partial charge in [-0.3, -0.25) is 4.79 Å². The molecule has 2 rings (SSSR count). The van der Waals surface area contributed by atoms with E-state index in [0.717, 1.165) is 5.56 Å². The van der Waals surface area contributed by atoms with Crippen LogP contribution in [0.25, 0.3) is 0 Å². The van der Waals surface area contributed by atoms with Crippen molar-refractivity contribution in [2.75, 3.05) is 19.5 Å². The maximum atomic E-state index is 12.5. The summed E-state index contributed by atoms with van der Waals surface area (Å²) >= 11 is 0. The molecule has 0 bridgehead atoms. The van der Waals surface area contributed by atoms with Gasteiger partial charge in [0.1, 0.15) is 5.69 Å². The van der Waals surface area contributed by atoms with E-state index in [2.05, 4.69) is 15.3 Å². The summed E-state index contributed by atoms with van der Waals surface area (Å²) in [6.07, 6.45) is 2.16. The van der Waals surface area contributed by atoms with Gasteiger partial charge in [0, 0.05) is 0 Å². The highest BCUT2D eigenvalue weighted by Gasteiger charge is 2.20. The van der Waals surface area contributed by atoms with Crippen molar-refractivity contribution in [2.24, 2.45) is 0 Å². The molecule has 6 heteroatoms. The molecular weight excluding hydrogens is 282 g/mol. The molecule has 116 valence electrons. The molecule has 0 aliphatic heterocycles. The van der Waals surface area contributed by atoms with Crippen LogP contribution in [0.2, 0.25) is 0 Å². The largest absolute Gasteiger partial charge is 0.479 e. The molecule has 6 nitrogen and oxygen atoms in total. The van der Waals surface area contributed by atoms with Crippen LogP contribution in [0.4, 0.5) is 5.69 Å². The normalized spacial score (nSPS) is 11.6. The van der Waals surface area contributed by atoms with E-state index in [9.17, 15) is 4.79 Å². The average Bonchev–Trinajstić information content (AvgIpc) is 2.57. The minimum atomic E-state index is -0.243. The van der Waals surface area contributed by atoms with Crippen molar-refractivity contribution in [1.29, 1.82) is 0 Å². The smallest absolute Gasteiger partial charge is 0.319 e. The Kier molecular flexibility index (Phi) is 5.30. The topological polar surface area (TPSA) is 73.3 Å². The molecule has 0 spiro atoms. The maximum absolute atomic E-state index is 12.5. The van der Waals surface area contributed by atoms with Gasteiger partial charge in [0.15, 0.2) is 0 Å². The molecule has 0 aliphatic carbocycles. The molecular formula is C16H19N3O3. The van der Waals surface area contributed by atoms with Crippen LogP contribution in [-0.4, -0.2) is 30.1 Å². The molecule has 0 saturated heterocycles. The van der Waals surface area contributed by atoms with Crippen molar-refractivity contribution in [3.63, 3.8) is 0 Å². The lowest BCUT2D eigenvalue weighted by molar-refractivity contribution is -0.117. The molecule has 1 amide bonds. The number of methoxy groups -OCH3 is 2. The van der Waals surface area contributed by atoms with Crippen molar-refractivity contribution < 1.29 is 14.3 Å². The van der Waals surface area contributed by atoms with Crippen LogP contribution in [0.5, 0.6) is 11.9 Å². The fraction of sp³-hybridized carbons (Fsp3) is 0.312. The lowest BCUT2D eigenvalue weighted by atomic mass is 9.95. The van der Waals surface area contributed by atoms with Gasteiger partial charge >= 0.3 is 6.01 Å². The fourth-order valence-electron chi connectivity index (χ4n) is 2.17. The first-order chi connectivity index (χ1) is 10.7. The van der Waals surface area contributed by atoms with Gasteiger partial charge in [0.25, 0.3) is 0 Å². The second-order valence-corrected chi connectivity index (χ2v) is 4.64. The van der Waals surface area contributed by atoms with E-state index in [1.807, 2.05) is 37.3 Å². The number of benzene rings is 1. The first-order valence-electron chi connectivity index (χ1n) is 7.00. The lowest BCUT2D eigenvalue weighted by Gasteiger charge is -2.16. The summed E-state index contributed by atoms with van der Waals surface area (Å²) in [6, 6.07) is 9.83. The minimum absolute atomic E-state index is 0.124. The fourth-order valence-corrected chi connectivity index (χ4v) is 2.17. The van der Waals surface area contributed by atoms with Gasteiger partial charge in [-0.05, 0) is 12.0 Å². The molecule has 0 aliphatic rings. The number of ether oxygens (including phenoxy) is 2. The van der Waals surface area contributed by atoms with Gasteiger partial charge in [-0.2, -0.15) is 4.98 Å². The number of anilines is 1. The molecule has 1 aromatic carbocycles. The Labute approximate surface area is 129 Å². The lowest BCUT2D eigenvalue weighted by Crippen LogP contribution is -2.21. The van der Waals surface area contributed by atoms with Crippen molar-refractivity contribution in [3.05, 3.63) is 42.1 Å². The van der Waals surface area contributed by atoms with Crippen LogP contribution in [0.1, 0.15) is 24.8 Å². The van der Waals surface area contributed by atoms with E-state index in [1.165, 1.54) is 20.4 Å². The van der Waals surface area contributed by atoms with E-state index in [4.69, 9.17) is 9.47 Å². The predicted molar refractivity (Wildman–Crippen MR) is 83.2 cm³/mol. The predicted octanol–water partition coefficient (Wildman–Crippen LogP) is 2.63. The SMILES string of the molecule is CCC(C(=O)Nc1cnc(OC)nc1OC)c1ccccc1. The third-order valence-electron chi connectivity index (χ3n) is 3.29. The second kappa shape index (κ2) is 7.40. The number of nitrogens with one attached hydrogen (secondary N) is 1. The zero-order valence-corrected chi connectivity index (χ0v) is 12.9. The standard InChI is InChI=1S/C16H19N3O3/c1-4-12(11-8-6-5-7-9-11)14(20)18-13-10-17-16(22-3)19-15(13)21-2/h5-10,12H,4H2,1-3H3,(H,18,20). The van der Waals surface area contributed by atoms with Crippen LogP contribution in [0.3, 0.4) is 0 Å². The Bertz CT molecular complexity index is 632. The Balaban J connectivity index is 2.20. The van der Waals surface area contributed by atoms with Crippen LogP contribution in [-0.2, 0) is 4.79 Å². The third kappa shape index (κ3) is 3.52. The summed E-state index contributed by atoms with van der Waals surface area (Å²) in [4.78, 5) is 20.6. The number of hydrogen-bond acceptors (Lipinski definition) is 5. The highest BCUT2D eigenvalue weighted by atomic mass is 16.5. The number of amides is 1. The summed E-state index contributed by atoms with van der Waals surface area (Å²) < 4.78 is 10.1. The minimum Gasteiger partial charge on any atom is -0.479 e. The van der Waals surface area contributed by atoms with E-state index in [1.54, 1.807) is 0 Å². The highest BCUT2D eigenvalue weighted by Crippen LogP contribution is 2.26. The van der Waals surface area contributed by atoms with E-state index >= 15 is 0 Å². The monoisotopic (exact) mass is 301 g/mol. The molecule has 0 fully saturated rings. The average molecular weight is 301 g/mol. The molecule has 0 saturated carbocycles. The zero-order valence-electron chi connectivity index (χ0n) is 12.9. The van der Waals surface area contributed by atoms with Crippen molar-refractivity contribution in [2.45, 2.75) is 19.3 Å². The number of aromatic nitrogens is 2. The zero-order chi connectivity index (χ0) is 15.9. The Morgan fingerprint density at radius 2 is 1.95 bits per heavy atom. The Hall–Kier alpha value is -2.63. The van der Waals surface area contributed by atoms with E-state index in [0.29, 0.717) is 12.1 Å². The number of rotatable bonds is 6. The van der Waals surface area contributed by atoms with Crippen LogP contribution in [0.15, 0.2) is 36.5 Å². The van der Waals surface area contributed by atoms with Crippen molar-refractivity contribution in [1.82, 2.24) is 9.97 Å². The highest BCUT2D eigenvalue weighted by molar-refractivity contribution is 5.96. The third-order valence-corrected chi connectivity index (χ3v) is 3.29. The van der Waals surface area contributed by atoms with Gasteiger partial charge in [0.2, 0.25) is 11.8 Å². The number of carbonyl (C=O) groups excluding carboxylic acids is 1. The quantitative estimate of drug-likeness (QED) is 0.888. The van der Waals surface area contributed by atoms with Gasteiger partial charge in [-0.1, -0.05) is 37.3 Å². The summed E-state index contributed by atoms with van der Waals surface area (Å²) in [5, 5.41) is 2.82. The molecule has 1 unspecified atom stereocenters. The van der Waals surface area contributed by atoms with Crippen LogP contribution < -0.4 is 14.8 Å². The van der Waals surface area contributed by atoms with Gasteiger partial charge in [0.05, 0.1) is 26.3 Å². The van der Waals surface area contributed by atoms with Gasteiger partial charge < -0.3 is 14.8 Å². The van der Waals surface area contributed by atoms with Crippen LogP contribution >= 0.6 is 0 Å². The van der Waals surface area contributed by atoms with Crippen LogP contribution in [0, 0.1) is 0 Å². The molecule has 0 radical (unpaired) electrons. The molecule has 1 heterocycles. The maximum Gasteiger partial charge on any atom is 0.319 e. The summed E-state index contributed by atoms with van der Waals surface area (Å²) in [7, 11) is 2.95. The van der Waals surface area contributed by atoms with Crippen molar-refractivity contribution >= 4 is 11.6 Å². The molecule has 1 aromatic heterocycles. The van der Waals surface area contributed by atoms with Crippen molar-refractivity contribution in [3.8, 4) is 11.9 Å². The molecule has 22 heavy (non-hydrogen) atoms. The van der Waals surface area contributed by atoms with E-state index < -0.39 is 0 Å². The summed E-state index contributed by atoms with van der Waals surface area (Å²) in [5.74, 6) is -0.100. The number of nitrogens with zero attached hydrogens (tertiary/aromatic N) is 2. The first kappa shape index (κ1) is 15.8. The first-order valence-corrected chi connectivity index (χ1v) is 7.00. The van der Waals surface area contributed by atoms with E-state index in [-0.39, 0.29) is 23.7 Å². The number of carbonyl (C=O) groups is 1.